The molecule has 3 heteroatoms. The van der Waals surface area contributed by atoms with E-state index in [1.54, 1.807) is 0 Å². The number of alkyl halides is 1. The largest absolute Gasteiger partial charge is 0.401 e. The lowest BCUT2D eigenvalue weighted by atomic mass is 10.3. The van der Waals surface area contributed by atoms with Gasteiger partial charge in [0.15, 0.2) is 0 Å². The molecule has 0 rings (SSSR count). The normalized spacial score (nSPS) is 13.2. The van der Waals surface area contributed by atoms with Crippen molar-refractivity contribution in [2.45, 2.75) is 19.8 Å². The Hall–Kier alpha value is 0.120. The molecule has 0 atom stereocenters. The summed E-state index contributed by atoms with van der Waals surface area (Å²) in [7, 11) is 0. The average Bonchev–Trinajstić information content (AvgIpc) is 1.87. The Morgan fingerprint density at radius 2 is 2.11 bits per heavy atom. The van der Waals surface area contributed by atoms with E-state index in [1.807, 2.05) is 6.92 Å². The van der Waals surface area contributed by atoms with Crippen LogP contribution in [-0.4, -0.2) is 5.88 Å². The van der Waals surface area contributed by atoms with Gasteiger partial charge in [0, 0.05) is 16.6 Å². The molecule has 0 spiro atoms. The highest BCUT2D eigenvalue weighted by atomic mass is 35.5. The summed E-state index contributed by atoms with van der Waals surface area (Å²) in [4.78, 5) is 0. The molecule has 0 aliphatic carbocycles. The van der Waals surface area contributed by atoms with Crippen LogP contribution in [0.1, 0.15) is 19.8 Å². The maximum Gasteiger partial charge on any atom is 0.0379 e. The Morgan fingerprint density at radius 3 is 2.44 bits per heavy atom. The Labute approximate surface area is 65.8 Å². The average molecular weight is 168 g/mol. The van der Waals surface area contributed by atoms with Crippen LogP contribution in [0.3, 0.4) is 0 Å². The Kier molecular flexibility index (Phi) is 5.02. The molecule has 0 aromatic heterocycles. The number of nitrogens with two attached hydrogens (primary N) is 1. The van der Waals surface area contributed by atoms with Gasteiger partial charge >= 0.3 is 0 Å². The van der Waals surface area contributed by atoms with Crippen LogP contribution < -0.4 is 5.73 Å². The molecular weight excluding hydrogens is 157 g/mol. The molecule has 54 valence electrons. The van der Waals surface area contributed by atoms with Crippen molar-refractivity contribution in [2.75, 3.05) is 5.88 Å². The van der Waals surface area contributed by atoms with Crippen LogP contribution in [0.25, 0.3) is 0 Å². The molecule has 0 amide bonds. The van der Waals surface area contributed by atoms with E-state index in [4.69, 9.17) is 28.9 Å². The summed E-state index contributed by atoms with van der Waals surface area (Å²) in [6.45, 7) is 1.96. The second-order valence-corrected chi connectivity index (χ2v) is 2.56. The summed E-state index contributed by atoms with van der Waals surface area (Å²) >= 11 is 11.1. The van der Waals surface area contributed by atoms with Gasteiger partial charge in [-0.1, -0.05) is 18.5 Å². The van der Waals surface area contributed by atoms with Crippen molar-refractivity contribution >= 4 is 23.2 Å². The van der Waals surface area contributed by atoms with Crippen LogP contribution in [0.15, 0.2) is 10.7 Å². The lowest BCUT2D eigenvalue weighted by Crippen LogP contribution is -1.97. The molecule has 0 unspecified atom stereocenters. The van der Waals surface area contributed by atoms with Crippen molar-refractivity contribution < 1.29 is 0 Å². The van der Waals surface area contributed by atoms with E-state index in [1.165, 1.54) is 0 Å². The predicted octanol–water partition coefficient (Wildman–Crippen LogP) is 2.43. The number of halogens is 2. The lowest BCUT2D eigenvalue weighted by Gasteiger charge is -1.98. The van der Waals surface area contributed by atoms with Gasteiger partial charge in [0.25, 0.3) is 0 Å². The van der Waals surface area contributed by atoms with Crippen LogP contribution >= 0.6 is 23.2 Å². The van der Waals surface area contributed by atoms with Gasteiger partial charge in [-0.05, 0) is 12.8 Å². The topological polar surface area (TPSA) is 26.0 Å². The maximum absolute atomic E-state index is 5.70. The summed E-state index contributed by atoms with van der Waals surface area (Å²) in [5.41, 5.74) is 6.24. The summed E-state index contributed by atoms with van der Waals surface area (Å²) in [6.07, 6.45) is 1.48. The number of allylic oxidation sites excluding steroid dienone is 2. The minimum Gasteiger partial charge on any atom is -0.401 e. The molecule has 1 nitrogen and oxygen atoms in total. The summed E-state index contributed by atoms with van der Waals surface area (Å²) in [6, 6.07) is 0. The van der Waals surface area contributed by atoms with Crippen molar-refractivity contribution in [3.63, 3.8) is 0 Å². The second-order valence-electron chi connectivity index (χ2n) is 1.72. The zero-order valence-corrected chi connectivity index (χ0v) is 6.97. The van der Waals surface area contributed by atoms with E-state index in [0.29, 0.717) is 17.3 Å². The lowest BCUT2D eigenvalue weighted by molar-refractivity contribution is 1.02. The predicted molar refractivity (Wildman–Crippen MR) is 42.7 cm³/mol. The van der Waals surface area contributed by atoms with Gasteiger partial charge in [0.05, 0.1) is 0 Å². The van der Waals surface area contributed by atoms with Crippen molar-refractivity contribution in [1.82, 2.24) is 0 Å². The van der Waals surface area contributed by atoms with Gasteiger partial charge in [0.1, 0.15) is 0 Å². The first-order chi connectivity index (χ1) is 4.22. The van der Waals surface area contributed by atoms with Crippen LogP contribution in [-0.2, 0) is 0 Å². The van der Waals surface area contributed by atoms with Crippen molar-refractivity contribution in [3.05, 3.63) is 10.7 Å². The highest BCUT2D eigenvalue weighted by Crippen LogP contribution is 2.12. The molecule has 0 bridgehead atoms. The quantitative estimate of drug-likeness (QED) is 0.643. The van der Waals surface area contributed by atoms with E-state index < -0.39 is 0 Å². The zero-order valence-electron chi connectivity index (χ0n) is 5.45. The minimum atomic E-state index is 0.541. The molecule has 0 saturated carbocycles. The maximum atomic E-state index is 5.70. The molecule has 0 heterocycles. The summed E-state index contributed by atoms with van der Waals surface area (Å²) in [5.74, 6) is 0.541. The number of hydrogen-bond acceptors (Lipinski definition) is 1. The molecule has 0 radical (unpaired) electrons. The van der Waals surface area contributed by atoms with Crippen molar-refractivity contribution in [3.8, 4) is 0 Å². The van der Waals surface area contributed by atoms with Gasteiger partial charge in [0.2, 0.25) is 0 Å². The van der Waals surface area contributed by atoms with Gasteiger partial charge in [-0.25, -0.2) is 0 Å². The number of hydrogen-bond donors (Lipinski definition) is 1. The Bertz CT molecular complexity index is 110. The standard InChI is InChI=1S/C6H11Cl2N/c1-2-6(9)5(8)3-4-7/h2-4,9H2,1H3. The zero-order chi connectivity index (χ0) is 7.28. The molecule has 9 heavy (non-hydrogen) atoms. The fourth-order valence-corrected chi connectivity index (χ4v) is 0.949. The molecule has 0 aliphatic rings. The van der Waals surface area contributed by atoms with Crippen molar-refractivity contribution in [2.24, 2.45) is 5.73 Å². The molecule has 0 aromatic carbocycles. The fraction of sp³-hybridized carbons (Fsp3) is 0.667. The first-order valence-corrected chi connectivity index (χ1v) is 3.82. The van der Waals surface area contributed by atoms with Gasteiger partial charge < -0.3 is 5.73 Å². The molecule has 0 saturated heterocycles. The third kappa shape index (κ3) is 3.66. The third-order valence-electron chi connectivity index (χ3n) is 1.04. The van der Waals surface area contributed by atoms with Crippen molar-refractivity contribution in [1.29, 1.82) is 0 Å². The Morgan fingerprint density at radius 1 is 1.56 bits per heavy atom. The van der Waals surface area contributed by atoms with Crippen LogP contribution in [0, 0.1) is 0 Å². The first-order valence-electron chi connectivity index (χ1n) is 2.91. The highest BCUT2D eigenvalue weighted by molar-refractivity contribution is 6.30. The number of rotatable bonds is 3. The Balaban J connectivity index is 3.78. The van der Waals surface area contributed by atoms with Gasteiger partial charge in [-0.15, -0.1) is 11.6 Å². The van der Waals surface area contributed by atoms with Gasteiger partial charge in [-0.3, -0.25) is 0 Å². The first kappa shape index (κ1) is 9.12. The molecule has 0 fully saturated rings. The summed E-state index contributed by atoms with van der Waals surface area (Å²) < 4.78 is 0. The molecular formula is C6H11Cl2N. The van der Waals surface area contributed by atoms with Crippen LogP contribution in [0.2, 0.25) is 0 Å². The summed E-state index contributed by atoms with van der Waals surface area (Å²) in [5, 5.41) is 0.701. The van der Waals surface area contributed by atoms with E-state index in [9.17, 15) is 0 Å². The monoisotopic (exact) mass is 167 g/mol. The van der Waals surface area contributed by atoms with Gasteiger partial charge in [-0.2, -0.15) is 0 Å². The third-order valence-corrected chi connectivity index (χ3v) is 1.66. The van der Waals surface area contributed by atoms with Crippen LogP contribution in [0.4, 0.5) is 0 Å². The van der Waals surface area contributed by atoms with E-state index in [2.05, 4.69) is 0 Å². The molecule has 2 N–H and O–H groups in total. The second kappa shape index (κ2) is 4.95. The van der Waals surface area contributed by atoms with E-state index in [0.717, 1.165) is 12.1 Å². The molecule has 0 aromatic rings. The van der Waals surface area contributed by atoms with E-state index in [-0.39, 0.29) is 0 Å². The fourth-order valence-electron chi connectivity index (χ4n) is 0.435. The highest BCUT2D eigenvalue weighted by Gasteiger charge is 1.95. The van der Waals surface area contributed by atoms with E-state index >= 15 is 0 Å². The smallest absolute Gasteiger partial charge is 0.0379 e. The minimum absolute atomic E-state index is 0.541. The SMILES string of the molecule is CCC(N)=C(Cl)CCCl. The molecule has 0 aliphatic heterocycles. The van der Waals surface area contributed by atoms with Crippen LogP contribution in [0.5, 0.6) is 0 Å².